The molecule has 6 heteroatoms. The standard InChI is InChI=1S/C16H22N4OS/c1-10(2)12-6-5-7-13(11(3)4)15(12)19-14(21)8-22-16-17-9-18-20-16/h5-7,9-11H,8H2,1-4H3,(H,19,21)(H,17,18,20). The molecule has 0 saturated heterocycles. The number of nitrogens with zero attached hydrogens (tertiary/aromatic N) is 2. The van der Waals surface area contributed by atoms with Crippen LogP contribution in [0.5, 0.6) is 0 Å². The number of aromatic amines is 1. The summed E-state index contributed by atoms with van der Waals surface area (Å²) in [4.78, 5) is 16.3. The van der Waals surface area contributed by atoms with E-state index in [0.29, 0.717) is 22.7 Å². The van der Waals surface area contributed by atoms with Crippen molar-refractivity contribution in [1.82, 2.24) is 15.2 Å². The van der Waals surface area contributed by atoms with Crippen molar-refractivity contribution in [1.29, 1.82) is 0 Å². The van der Waals surface area contributed by atoms with Crippen LogP contribution in [0.3, 0.4) is 0 Å². The maximum Gasteiger partial charge on any atom is 0.234 e. The van der Waals surface area contributed by atoms with E-state index in [1.807, 2.05) is 0 Å². The first kappa shape index (κ1) is 16.5. The molecule has 5 nitrogen and oxygen atoms in total. The number of hydrogen-bond donors (Lipinski definition) is 2. The third-order valence-corrected chi connectivity index (χ3v) is 4.25. The molecule has 22 heavy (non-hydrogen) atoms. The van der Waals surface area contributed by atoms with Crippen LogP contribution in [0.15, 0.2) is 29.7 Å². The predicted molar refractivity (Wildman–Crippen MR) is 90.4 cm³/mol. The summed E-state index contributed by atoms with van der Waals surface area (Å²) in [5.74, 6) is 0.988. The van der Waals surface area contributed by atoms with E-state index >= 15 is 0 Å². The van der Waals surface area contributed by atoms with Gasteiger partial charge >= 0.3 is 0 Å². The van der Waals surface area contributed by atoms with Gasteiger partial charge in [-0.15, -0.1) is 0 Å². The number of carbonyl (C=O) groups excluding carboxylic acids is 1. The second-order valence-electron chi connectivity index (χ2n) is 5.75. The summed E-state index contributed by atoms with van der Waals surface area (Å²) in [6.07, 6.45) is 1.44. The van der Waals surface area contributed by atoms with Crippen LogP contribution in [-0.2, 0) is 4.79 Å². The van der Waals surface area contributed by atoms with Gasteiger partial charge in [0, 0.05) is 5.69 Å². The van der Waals surface area contributed by atoms with E-state index < -0.39 is 0 Å². The smallest absolute Gasteiger partial charge is 0.234 e. The minimum atomic E-state index is -0.0311. The SMILES string of the molecule is CC(C)c1cccc(C(C)C)c1NC(=O)CSc1ncn[nH]1. The van der Waals surface area contributed by atoms with Crippen LogP contribution in [0.4, 0.5) is 5.69 Å². The van der Waals surface area contributed by atoms with Gasteiger partial charge in [-0.25, -0.2) is 4.98 Å². The average molecular weight is 318 g/mol. The van der Waals surface area contributed by atoms with Gasteiger partial charge in [-0.2, -0.15) is 5.10 Å². The zero-order valence-electron chi connectivity index (χ0n) is 13.4. The van der Waals surface area contributed by atoms with Crippen LogP contribution in [0.25, 0.3) is 0 Å². The molecule has 2 aromatic rings. The van der Waals surface area contributed by atoms with Gasteiger partial charge < -0.3 is 5.32 Å². The van der Waals surface area contributed by atoms with Crippen LogP contribution in [0.1, 0.15) is 50.7 Å². The van der Waals surface area contributed by atoms with Gasteiger partial charge in [-0.1, -0.05) is 57.7 Å². The molecule has 0 bridgehead atoms. The number of carbonyl (C=O) groups is 1. The van der Waals surface area contributed by atoms with Crippen molar-refractivity contribution < 1.29 is 4.79 Å². The number of thioether (sulfide) groups is 1. The zero-order chi connectivity index (χ0) is 16.1. The summed E-state index contributed by atoms with van der Waals surface area (Å²) in [6, 6.07) is 6.22. The topological polar surface area (TPSA) is 70.7 Å². The van der Waals surface area contributed by atoms with Crippen LogP contribution >= 0.6 is 11.8 Å². The molecule has 1 aromatic heterocycles. The quantitative estimate of drug-likeness (QED) is 0.795. The summed E-state index contributed by atoms with van der Waals surface area (Å²) in [5.41, 5.74) is 3.30. The van der Waals surface area contributed by atoms with Crippen molar-refractivity contribution in [3.63, 3.8) is 0 Å². The van der Waals surface area contributed by atoms with E-state index in [1.165, 1.54) is 29.2 Å². The number of para-hydroxylation sites is 1. The highest BCUT2D eigenvalue weighted by atomic mass is 32.2. The third kappa shape index (κ3) is 4.10. The Morgan fingerprint density at radius 1 is 1.23 bits per heavy atom. The molecule has 2 N–H and O–H groups in total. The van der Waals surface area contributed by atoms with E-state index in [4.69, 9.17) is 0 Å². The Morgan fingerprint density at radius 3 is 2.36 bits per heavy atom. The Balaban J connectivity index is 2.14. The fourth-order valence-corrected chi connectivity index (χ4v) is 2.85. The van der Waals surface area contributed by atoms with Gasteiger partial charge in [0.1, 0.15) is 6.33 Å². The minimum absolute atomic E-state index is 0.0311. The van der Waals surface area contributed by atoms with E-state index in [1.54, 1.807) is 0 Å². The van der Waals surface area contributed by atoms with Crippen LogP contribution in [0, 0.1) is 0 Å². The van der Waals surface area contributed by atoms with Gasteiger partial charge in [0.25, 0.3) is 0 Å². The Bertz CT molecular complexity index is 597. The fourth-order valence-electron chi connectivity index (χ4n) is 2.27. The molecular formula is C16H22N4OS. The van der Waals surface area contributed by atoms with Gasteiger partial charge in [-0.3, -0.25) is 9.89 Å². The van der Waals surface area contributed by atoms with Gasteiger partial charge in [0.15, 0.2) is 5.16 Å². The highest BCUT2D eigenvalue weighted by Crippen LogP contribution is 2.32. The molecular weight excluding hydrogens is 296 g/mol. The van der Waals surface area contributed by atoms with Gasteiger partial charge in [0.05, 0.1) is 5.75 Å². The Kier molecular flexibility index (Phi) is 5.60. The van der Waals surface area contributed by atoms with Crippen molar-refractivity contribution in [2.75, 3.05) is 11.1 Å². The molecule has 1 amide bonds. The summed E-state index contributed by atoms with van der Waals surface area (Å²) < 4.78 is 0. The maximum atomic E-state index is 12.3. The minimum Gasteiger partial charge on any atom is -0.325 e. The molecule has 118 valence electrons. The number of benzene rings is 1. The van der Waals surface area contributed by atoms with Crippen molar-refractivity contribution >= 4 is 23.4 Å². The van der Waals surface area contributed by atoms with Crippen LogP contribution in [-0.4, -0.2) is 26.8 Å². The predicted octanol–water partition coefficient (Wildman–Crippen LogP) is 3.78. The number of hydrogen-bond acceptors (Lipinski definition) is 4. The summed E-state index contributed by atoms with van der Waals surface area (Å²) in [6.45, 7) is 8.55. The van der Waals surface area contributed by atoms with Crippen molar-refractivity contribution in [2.45, 2.75) is 44.7 Å². The van der Waals surface area contributed by atoms with Crippen molar-refractivity contribution in [3.05, 3.63) is 35.7 Å². The number of anilines is 1. The highest BCUT2D eigenvalue weighted by Gasteiger charge is 2.16. The molecule has 1 heterocycles. The monoisotopic (exact) mass is 318 g/mol. The largest absolute Gasteiger partial charge is 0.325 e. The Labute approximate surface area is 135 Å². The van der Waals surface area contributed by atoms with Crippen LogP contribution in [0.2, 0.25) is 0 Å². The van der Waals surface area contributed by atoms with Crippen LogP contribution < -0.4 is 5.32 Å². The first-order valence-electron chi connectivity index (χ1n) is 7.39. The molecule has 0 atom stereocenters. The molecule has 0 aliphatic carbocycles. The maximum absolute atomic E-state index is 12.3. The lowest BCUT2D eigenvalue weighted by molar-refractivity contribution is -0.113. The van der Waals surface area contributed by atoms with E-state index in [-0.39, 0.29) is 5.91 Å². The Hall–Kier alpha value is -1.82. The van der Waals surface area contributed by atoms with Gasteiger partial charge in [0.2, 0.25) is 5.91 Å². The number of amides is 1. The number of nitrogens with one attached hydrogen (secondary N) is 2. The summed E-state index contributed by atoms with van der Waals surface area (Å²) >= 11 is 1.34. The first-order valence-corrected chi connectivity index (χ1v) is 8.38. The highest BCUT2D eigenvalue weighted by molar-refractivity contribution is 7.99. The second kappa shape index (κ2) is 7.45. The fraction of sp³-hybridized carbons (Fsp3) is 0.438. The van der Waals surface area contributed by atoms with E-state index in [0.717, 1.165) is 5.69 Å². The molecule has 2 rings (SSSR count). The second-order valence-corrected chi connectivity index (χ2v) is 6.71. The molecule has 0 spiro atoms. The number of aromatic nitrogens is 3. The molecule has 0 saturated carbocycles. The lowest BCUT2D eigenvalue weighted by Gasteiger charge is -2.20. The lowest BCUT2D eigenvalue weighted by Crippen LogP contribution is -2.17. The normalized spacial score (nSPS) is 11.2. The molecule has 0 unspecified atom stereocenters. The van der Waals surface area contributed by atoms with Gasteiger partial charge in [-0.05, 0) is 23.0 Å². The number of H-pyrrole nitrogens is 1. The molecule has 0 radical (unpaired) electrons. The van der Waals surface area contributed by atoms with Crippen molar-refractivity contribution in [2.24, 2.45) is 0 Å². The molecule has 0 fully saturated rings. The third-order valence-electron chi connectivity index (χ3n) is 3.37. The summed E-state index contributed by atoms with van der Waals surface area (Å²) in [5, 5.41) is 10.2. The zero-order valence-corrected chi connectivity index (χ0v) is 14.2. The number of rotatable bonds is 6. The van der Waals surface area contributed by atoms with E-state index in [9.17, 15) is 4.79 Å². The summed E-state index contributed by atoms with van der Waals surface area (Å²) in [7, 11) is 0. The molecule has 0 aliphatic rings. The van der Waals surface area contributed by atoms with E-state index in [2.05, 4.69) is 66.4 Å². The molecule has 1 aromatic carbocycles. The van der Waals surface area contributed by atoms with Crippen molar-refractivity contribution in [3.8, 4) is 0 Å². The average Bonchev–Trinajstić information content (AvgIpc) is 2.98. The molecule has 0 aliphatic heterocycles. The lowest BCUT2D eigenvalue weighted by atomic mass is 9.92. The first-order chi connectivity index (χ1) is 10.5. The Morgan fingerprint density at radius 2 is 1.86 bits per heavy atom.